The number of unbranched alkanes of at least 4 members (excludes halogenated alkanes) is 2. The van der Waals surface area contributed by atoms with Crippen molar-refractivity contribution < 1.29 is 168 Å². The monoisotopic (exact) mass is 1220 g/mol. The Morgan fingerprint density at radius 2 is 0.500 bits per heavy atom. The highest BCUT2D eigenvalue weighted by Gasteiger charge is 2.97. The Morgan fingerprint density at radius 1 is 0.295 bits per heavy atom. The van der Waals surface area contributed by atoms with Gasteiger partial charge in [0.15, 0.2) is 0 Å². The summed E-state index contributed by atoms with van der Waals surface area (Å²) in [6, 6.07) is 7.08. The molecule has 0 bridgehead atoms. The third-order valence-corrected chi connectivity index (χ3v) is 10.4. The molecule has 2 aromatic carbocycles. The third-order valence-electron chi connectivity index (χ3n) is 10.4. The van der Waals surface area contributed by atoms with Crippen LogP contribution in [0.4, 0.5) is 149 Å². The van der Waals surface area contributed by atoms with Crippen LogP contribution in [0.25, 0.3) is 0 Å². The summed E-state index contributed by atoms with van der Waals surface area (Å²) >= 11 is 0. The Kier molecular flexibility index (Phi) is 19.0. The van der Waals surface area contributed by atoms with Crippen LogP contribution in [0.5, 0.6) is 11.5 Å². The maximum absolute atomic E-state index is 14.1. The number of carbonyl (C=O) groups is 2. The van der Waals surface area contributed by atoms with E-state index in [0.717, 1.165) is 48.5 Å². The van der Waals surface area contributed by atoms with Gasteiger partial charge in [-0.05, 0) is 74.2 Å². The molecule has 0 spiro atoms. The van der Waals surface area contributed by atoms with Crippen LogP contribution in [0, 0.1) is 0 Å². The van der Waals surface area contributed by atoms with Crippen LogP contribution < -0.4 is 20.3 Å². The first-order valence-corrected chi connectivity index (χ1v) is 19.9. The third kappa shape index (κ3) is 11.6. The van der Waals surface area contributed by atoms with Crippen molar-refractivity contribution in [2.45, 2.75) is 134 Å². The second kappa shape index (κ2) is 21.6. The molecule has 0 fully saturated rings. The van der Waals surface area contributed by atoms with Crippen LogP contribution in [0.15, 0.2) is 48.5 Å². The predicted octanol–water partition coefficient (Wildman–Crippen LogP) is 14.9. The lowest BCUT2D eigenvalue weighted by molar-refractivity contribution is -0.461. The first-order chi connectivity index (χ1) is 34.4. The maximum atomic E-state index is 14.1. The summed E-state index contributed by atoms with van der Waals surface area (Å²) in [6.45, 7) is -1.79. The first-order valence-electron chi connectivity index (χ1n) is 19.9. The van der Waals surface area contributed by atoms with Gasteiger partial charge in [-0.1, -0.05) is 0 Å². The molecule has 0 aliphatic heterocycles. The largest absolute Gasteiger partial charge is 0.494 e. The molecular formula is C38H26F34N2O4. The van der Waals surface area contributed by atoms with Crippen molar-refractivity contribution in [1.82, 2.24) is 10.9 Å². The molecule has 0 aromatic heterocycles. The number of hydrazine groups is 1. The molecule has 2 aromatic rings. The number of rotatable bonds is 26. The molecule has 0 heterocycles. The van der Waals surface area contributed by atoms with E-state index in [9.17, 15) is 159 Å². The van der Waals surface area contributed by atoms with Crippen molar-refractivity contribution >= 4 is 11.8 Å². The first kappa shape index (κ1) is 68.7. The zero-order chi connectivity index (χ0) is 61.6. The molecule has 2 amide bonds. The van der Waals surface area contributed by atoms with Crippen LogP contribution in [0.1, 0.15) is 59.2 Å². The van der Waals surface area contributed by atoms with E-state index in [1.165, 1.54) is 0 Å². The summed E-state index contributed by atoms with van der Waals surface area (Å²) in [5.41, 5.74) is 2.95. The van der Waals surface area contributed by atoms with Gasteiger partial charge in [-0.15, -0.1) is 0 Å². The topological polar surface area (TPSA) is 76.7 Å². The van der Waals surface area contributed by atoms with E-state index >= 15 is 0 Å². The van der Waals surface area contributed by atoms with Crippen molar-refractivity contribution in [3.8, 4) is 11.5 Å². The van der Waals surface area contributed by atoms with Gasteiger partial charge in [0.1, 0.15) is 11.5 Å². The minimum Gasteiger partial charge on any atom is -0.494 e. The molecule has 0 unspecified atom stereocenters. The number of hydrogen-bond donors (Lipinski definition) is 2. The zero-order valence-electron chi connectivity index (χ0n) is 36.8. The van der Waals surface area contributed by atoms with Crippen LogP contribution in [0.2, 0.25) is 0 Å². The number of ether oxygens (including phenoxy) is 2. The second-order valence-electron chi connectivity index (χ2n) is 15.9. The minimum absolute atomic E-state index is 0.337. The van der Waals surface area contributed by atoms with Gasteiger partial charge < -0.3 is 9.47 Å². The fourth-order valence-electron chi connectivity index (χ4n) is 5.65. The number of alkyl halides is 34. The SMILES string of the molecule is O=C(NNC(=O)c1ccc(OCCCCC(F)(F)C(F)(F)C(F)(F)C(F)(F)C(F)(F)C(F)(F)C(F)(F)C(F)(F)F)cc1)c1ccc(OCCCCC(F)(F)C(F)(F)C(F)(F)C(F)(F)C(F)(F)C(F)(F)C(F)(F)C(F)(F)F)cc1. The molecule has 6 nitrogen and oxygen atoms in total. The zero-order valence-corrected chi connectivity index (χ0v) is 36.8. The Hall–Kier alpha value is -5.40. The van der Waals surface area contributed by atoms with E-state index in [2.05, 4.69) is 0 Å². The average molecular weight is 1220 g/mol. The fraction of sp³-hybridized carbons (Fsp3) is 0.632. The highest BCUT2D eigenvalue weighted by Crippen LogP contribution is 2.66. The highest BCUT2D eigenvalue weighted by atomic mass is 19.4. The minimum atomic E-state index is -8.78. The summed E-state index contributed by atoms with van der Waals surface area (Å²) in [6.07, 6.45) is -26.1. The number of carbonyl (C=O) groups excluding carboxylic acids is 2. The van der Waals surface area contributed by atoms with E-state index < -0.39 is 159 Å². The Labute approximate surface area is 409 Å². The molecule has 2 rings (SSSR count). The van der Waals surface area contributed by atoms with Gasteiger partial charge in [0.05, 0.1) is 13.2 Å². The Balaban J connectivity index is 1.93. The lowest BCUT2D eigenvalue weighted by Gasteiger charge is -2.42. The molecule has 0 saturated heterocycles. The van der Waals surface area contributed by atoms with Crippen LogP contribution >= 0.6 is 0 Å². The van der Waals surface area contributed by atoms with E-state index in [1.54, 1.807) is 0 Å². The number of halogens is 34. The summed E-state index contributed by atoms with van der Waals surface area (Å²) in [5.74, 6) is -118. The normalized spacial score (nSPS) is 15.1. The molecular weight excluding hydrogens is 1190 g/mol. The molecule has 0 radical (unpaired) electrons. The van der Waals surface area contributed by atoms with E-state index in [4.69, 9.17) is 9.47 Å². The predicted molar refractivity (Wildman–Crippen MR) is 188 cm³/mol. The van der Waals surface area contributed by atoms with Gasteiger partial charge >= 0.3 is 95.3 Å². The quantitative estimate of drug-likeness (QED) is 0.0559. The van der Waals surface area contributed by atoms with Gasteiger partial charge in [0, 0.05) is 24.0 Å². The van der Waals surface area contributed by atoms with Gasteiger partial charge in [-0.2, -0.15) is 149 Å². The lowest BCUT2D eigenvalue weighted by atomic mass is 9.88. The summed E-state index contributed by atoms with van der Waals surface area (Å²) in [5, 5.41) is 0. The maximum Gasteiger partial charge on any atom is 0.460 e. The van der Waals surface area contributed by atoms with E-state index in [0.29, 0.717) is 0 Å². The summed E-state index contributed by atoms with van der Waals surface area (Å²) in [4.78, 5) is 24.8. The Morgan fingerprint density at radius 3 is 0.718 bits per heavy atom. The van der Waals surface area contributed by atoms with Crippen LogP contribution in [-0.4, -0.2) is 120 Å². The fourth-order valence-corrected chi connectivity index (χ4v) is 5.65. The van der Waals surface area contributed by atoms with Gasteiger partial charge in [0.25, 0.3) is 11.8 Å². The molecule has 40 heteroatoms. The van der Waals surface area contributed by atoms with Crippen LogP contribution in [0.3, 0.4) is 0 Å². The molecule has 0 aliphatic rings. The van der Waals surface area contributed by atoms with Crippen molar-refractivity contribution in [2.75, 3.05) is 13.2 Å². The Bertz CT molecular complexity index is 2200. The molecule has 0 saturated carbocycles. The standard InChI is InChI=1S/C38H26F34N2O4/c39-23(40,25(43,44)27(47,48)29(51,52)31(55,56)33(59,60)35(63,64)37(67,68)69)13-1-3-15-77-19-9-5-17(6-10-19)21(75)73-74-22(76)18-7-11-20(12-8-18)78-16-4-2-14-24(41,42)26(45,46)28(49,50)30(53,54)32(57,58)34(61,62)36(65,66)38(70,71)72/h5-12H,1-4,13-16H2,(H,73,75)(H,74,76). The highest BCUT2D eigenvalue weighted by molar-refractivity contribution is 5.99. The summed E-state index contributed by atoms with van der Waals surface area (Å²) < 4.78 is 467. The molecule has 0 atom stereocenters. The molecule has 0 aliphatic carbocycles. The van der Waals surface area contributed by atoms with Crippen molar-refractivity contribution in [3.63, 3.8) is 0 Å². The van der Waals surface area contributed by atoms with Crippen molar-refractivity contribution in [1.29, 1.82) is 0 Å². The van der Waals surface area contributed by atoms with E-state index in [-0.39, 0.29) is 22.6 Å². The summed E-state index contributed by atoms with van der Waals surface area (Å²) in [7, 11) is 0. The second-order valence-corrected chi connectivity index (χ2v) is 15.9. The molecule has 450 valence electrons. The van der Waals surface area contributed by atoms with Crippen molar-refractivity contribution in [2.24, 2.45) is 0 Å². The lowest BCUT2D eigenvalue weighted by Crippen LogP contribution is -2.74. The molecule has 78 heavy (non-hydrogen) atoms. The van der Waals surface area contributed by atoms with Gasteiger partial charge in [-0.25, -0.2) is 0 Å². The van der Waals surface area contributed by atoms with E-state index in [1.807, 2.05) is 10.9 Å². The molecule has 2 N–H and O–H groups in total. The van der Waals surface area contributed by atoms with Crippen LogP contribution in [-0.2, 0) is 0 Å². The van der Waals surface area contributed by atoms with Gasteiger partial charge in [-0.3, -0.25) is 20.4 Å². The van der Waals surface area contributed by atoms with Crippen molar-refractivity contribution in [3.05, 3.63) is 59.7 Å². The number of nitrogens with one attached hydrogen (secondary N) is 2. The van der Waals surface area contributed by atoms with Gasteiger partial charge in [0.2, 0.25) is 0 Å². The smallest absolute Gasteiger partial charge is 0.460 e. The number of hydrogen-bond acceptors (Lipinski definition) is 4. The number of amides is 2. The average Bonchev–Trinajstić information content (AvgIpc) is 3.29. The number of benzene rings is 2.